The summed E-state index contributed by atoms with van der Waals surface area (Å²) in [6.45, 7) is 3.95. The molecule has 0 saturated carbocycles. The molecule has 0 saturated heterocycles. The van der Waals surface area contributed by atoms with Crippen LogP contribution in [0.3, 0.4) is 0 Å². The predicted molar refractivity (Wildman–Crippen MR) is 86.7 cm³/mol. The molecule has 21 heavy (non-hydrogen) atoms. The van der Waals surface area contributed by atoms with Crippen LogP contribution in [0.5, 0.6) is 0 Å². The quantitative estimate of drug-likeness (QED) is 0.769. The summed E-state index contributed by atoms with van der Waals surface area (Å²) in [5, 5.41) is 7.40. The second kappa shape index (κ2) is 5.50. The van der Waals surface area contributed by atoms with Crippen LogP contribution < -0.4 is 5.32 Å². The van der Waals surface area contributed by atoms with E-state index in [9.17, 15) is 4.79 Å². The first kappa shape index (κ1) is 14.1. The highest BCUT2D eigenvalue weighted by Crippen LogP contribution is 2.34. The second-order valence-electron chi connectivity index (χ2n) is 4.92. The number of aryl methyl sites for hydroxylation is 1. The molecule has 0 atom stereocenters. The summed E-state index contributed by atoms with van der Waals surface area (Å²) in [4.78, 5) is 18.8. The summed E-state index contributed by atoms with van der Waals surface area (Å²) in [5.41, 5.74) is 3.85. The molecule has 0 fully saturated rings. The molecule has 0 unspecified atom stereocenters. The second-order valence-corrected chi connectivity index (χ2v) is 6.18. The third kappa shape index (κ3) is 2.94. The Morgan fingerprint density at radius 2 is 2.24 bits per heavy atom. The molecule has 0 spiro atoms. The number of nitrogens with one attached hydrogen (secondary N) is 2. The number of nitrogens with zero attached hydrogens (tertiary/aromatic N) is 1. The lowest BCUT2D eigenvalue weighted by Crippen LogP contribution is -2.18. The molecule has 2 aromatic heterocycles. The van der Waals surface area contributed by atoms with Gasteiger partial charge in [0, 0.05) is 40.2 Å². The number of fused-ring (bicyclic) bond motifs is 1. The van der Waals surface area contributed by atoms with Crippen LogP contribution in [-0.4, -0.2) is 15.9 Å². The number of amides is 1. The lowest BCUT2D eigenvalue weighted by atomic mass is 10.1. The van der Waals surface area contributed by atoms with Gasteiger partial charge in [-0.1, -0.05) is 11.6 Å². The van der Waals surface area contributed by atoms with Crippen LogP contribution in [-0.2, 0) is 11.3 Å². The van der Waals surface area contributed by atoms with E-state index in [0.717, 1.165) is 32.9 Å². The molecule has 2 N–H and O–H groups in total. The lowest BCUT2D eigenvalue weighted by Gasteiger charge is -2.01. The fourth-order valence-corrected chi connectivity index (χ4v) is 3.31. The Hall–Kier alpha value is -1.85. The van der Waals surface area contributed by atoms with Crippen molar-refractivity contribution in [2.24, 2.45) is 0 Å². The maximum atomic E-state index is 11.0. The molecule has 1 amide bonds. The van der Waals surface area contributed by atoms with Gasteiger partial charge in [-0.15, -0.1) is 11.3 Å². The Morgan fingerprint density at radius 3 is 2.90 bits per heavy atom. The van der Waals surface area contributed by atoms with Crippen LogP contribution in [0.25, 0.3) is 21.5 Å². The van der Waals surface area contributed by atoms with Gasteiger partial charge in [0.2, 0.25) is 5.91 Å². The van der Waals surface area contributed by atoms with Crippen molar-refractivity contribution in [3.05, 3.63) is 40.0 Å². The van der Waals surface area contributed by atoms with E-state index in [4.69, 9.17) is 11.6 Å². The van der Waals surface area contributed by atoms with E-state index in [2.05, 4.69) is 15.3 Å². The van der Waals surface area contributed by atoms with Gasteiger partial charge in [-0.25, -0.2) is 4.98 Å². The molecular weight excluding hydrogens is 306 g/mol. The van der Waals surface area contributed by atoms with Gasteiger partial charge in [0.1, 0.15) is 5.01 Å². The fourth-order valence-electron chi connectivity index (χ4n) is 2.17. The van der Waals surface area contributed by atoms with Crippen molar-refractivity contribution in [2.45, 2.75) is 20.4 Å². The van der Waals surface area contributed by atoms with Gasteiger partial charge < -0.3 is 10.3 Å². The van der Waals surface area contributed by atoms with Crippen LogP contribution in [0.4, 0.5) is 0 Å². The number of rotatable bonds is 3. The van der Waals surface area contributed by atoms with Gasteiger partial charge in [-0.2, -0.15) is 0 Å². The third-order valence-electron chi connectivity index (χ3n) is 3.14. The van der Waals surface area contributed by atoms with E-state index in [1.165, 1.54) is 6.92 Å². The van der Waals surface area contributed by atoms with E-state index in [1.54, 1.807) is 11.3 Å². The molecule has 0 aliphatic heterocycles. The number of carbonyl (C=O) groups excluding carboxylic acids is 1. The molecule has 108 valence electrons. The molecule has 4 nitrogen and oxygen atoms in total. The number of hydrogen-bond acceptors (Lipinski definition) is 3. The molecule has 0 bridgehead atoms. The standard InChI is InChI=1S/C15H14ClN3OS/c1-8-7-21-15(18-8)12-5-14-10(4-13(12)16)3-11(19-14)6-17-9(2)20/h3-5,7,19H,6H2,1-2H3,(H,17,20). The number of aromatic nitrogens is 2. The van der Waals surface area contributed by atoms with Crippen LogP contribution in [0.2, 0.25) is 5.02 Å². The first-order valence-electron chi connectivity index (χ1n) is 6.51. The van der Waals surface area contributed by atoms with Crippen molar-refractivity contribution in [3.63, 3.8) is 0 Å². The molecule has 0 aliphatic carbocycles. The largest absolute Gasteiger partial charge is 0.357 e. The molecule has 0 aliphatic rings. The minimum atomic E-state index is -0.0503. The van der Waals surface area contributed by atoms with Crippen molar-refractivity contribution in [2.75, 3.05) is 0 Å². The molecular formula is C15H14ClN3OS. The van der Waals surface area contributed by atoms with Gasteiger partial charge in [0.25, 0.3) is 0 Å². The minimum Gasteiger partial charge on any atom is -0.357 e. The maximum absolute atomic E-state index is 11.0. The normalized spacial score (nSPS) is 11.0. The van der Waals surface area contributed by atoms with Crippen LogP contribution in [0.1, 0.15) is 18.3 Å². The Balaban J connectivity index is 2.00. The first-order chi connectivity index (χ1) is 10.0. The zero-order chi connectivity index (χ0) is 15.0. The minimum absolute atomic E-state index is 0.0503. The van der Waals surface area contributed by atoms with E-state index in [1.807, 2.05) is 30.5 Å². The number of aromatic amines is 1. The highest BCUT2D eigenvalue weighted by molar-refractivity contribution is 7.13. The number of H-pyrrole nitrogens is 1. The van der Waals surface area contributed by atoms with E-state index in [-0.39, 0.29) is 5.91 Å². The zero-order valence-electron chi connectivity index (χ0n) is 11.7. The average Bonchev–Trinajstić information content (AvgIpc) is 3.01. The highest BCUT2D eigenvalue weighted by Gasteiger charge is 2.11. The van der Waals surface area contributed by atoms with Gasteiger partial charge in [-0.05, 0) is 25.1 Å². The van der Waals surface area contributed by atoms with Crippen LogP contribution >= 0.6 is 22.9 Å². The average molecular weight is 320 g/mol. The Morgan fingerprint density at radius 1 is 1.43 bits per heavy atom. The molecule has 3 aromatic rings. The van der Waals surface area contributed by atoms with Gasteiger partial charge >= 0.3 is 0 Å². The number of carbonyl (C=O) groups is 1. The fraction of sp³-hybridized carbons (Fsp3) is 0.200. The predicted octanol–water partition coefficient (Wildman–Crippen LogP) is 3.89. The number of thiazole rings is 1. The van der Waals surface area contributed by atoms with E-state index >= 15 is 0 Å². The molecule has 3 rings (SSSR count). The van der Waals surface area contributed by atoms with Gasteiger partial charge in [-0.3, -0.25) is 4.79 Å². The molecule has 1 aromatic carbocycles. The smallest absolute Gasteiger partial charge is 0.217 e. The Kier molecular flexibility index (Phi) is 3.69. The number of benzene rings is 1. The summed E-state index contributed by atoms with van der Waals surface area (Å²) in [5.74, 6) is -0.0503. The Bertz CT molecular complexity index is 822. The van der Waals surface area contributed by atoms with Gasteiger partial charge in [0.05, 0.1) is 11.6 Å². The van der Waals surface area contributed by atoms with E-state index in [0.29, 0.717) is 11.6 Å². The van der Waals surface area contributed by atoms with Crippen molar-refractivity contribution in [1.29, 1.82) is 0 Å². The SMILES string of the molecule is CC(=O)NCc1cc2cc(Cl)c(-c3nc(C)cs3)cc2[nH]1. The maximum Gasteiger partial charge on any atom is 0.217 e. The summed E-state index contributed by atoms with van der Waals surface area (Å²) >= 11 is 7.95. The van der Waals surface area contributed by atoms with Crippen LogP contribution in [0, 0.1) is 6.92 Å². The zero-order valence-corrected chi connectivity index (χ0v) is 13.2. The lowest BCUT2D eigenvalue weighted by molar-refractivity contribution is -0.119. The van der Waals surface area contributed by atoms with Crippen molar-refractivity contribution in [3.8, 4) is 10.6 Å². The summed E-state index contributed by atoms with van der Waals surface area (Å²) < 4.78 is 0. The monoisotopic (exact) mass is 319 g/mol. The van der Waals surface area contributed by atoms with Crippen molar-refractivity contribution in [1.82, 2.24) is 15.3 Å². The van der Waals surface area contributed by atoms with Crippen molar-refractivity contribution < 1.29 is 4.79 Å². The first-order valence-corrected chi connectivity index (χ1v) is 7.77. The van der Waals surface area contributed by atoms with E-state index < -0.39 is 0 Å². The molecule has 0 radical (unpaired) electrons. The number of halogens is 1. The number of hydrogen-bond donors (Lipinski definition) is 2. The molecule has 6 heteroatoms. The summed E-state index contributed by atoms with van der Waals surface area (Å²) in [7, 11) is 0. The summed E-state index contributed by atoms with van der Waals surface area (Å²) in [6, 6.07) is 5.93. The van der Waals surface area contributed by atoms with Crippen LogP contribution in [0.15, 0.2) is 23.6 Å². The molecule has 2 heterocycles. The van der Waals surface area contributed by atoms with Gasteiger partial charge in [0.15, 0.2) is 0 Å². The summed E-state index contributed by atoms with van der Waals surface area (Å²) in [6.07, 6.45) is 0. The van der Waals surface area contributed by atoms with Crippen molar-refractivity contribution >= 4 is 39.7 Å². The topological polar surface area (TPSA) is 57.8 Å². The third-order valence-corrected chi connectivity index (χ3v) is 4.45. The Labute approximate surface area is 131 Å². The highest BCUT2D eigenvalue weighted by atomic mass is 35.5.